The second kappa shape index (κ2) is 5.14. The maximum atomic E-state index is 11.3. The zero-order chi connectivity index (χ0) is 13.1. The Labute approximate surface area is 111 Å². The molecule has 3 nitrogen and oxygen atoms in total. The first-order chi connectivity index (χ1) is 9.33. The summed E-state index contributed by atoms with van der Waals surface area (Å²) in [6, 6.07) is 17.9. The average molecular weight is 254 g/mol. The normalized spacial score (nSPS) is 18.1. The molecular weight excluding hydrogens is 240 g/mol. The Bertz CT molecular complexity index is 560. The summed E-state index contributed by atoms with van der Waals surface area (Å²) in [7, 11) is 0. The lowest BCUT2D eigenvalue weighted by molar-refractivity contribution is -0.143. The van der Waals surface area contributed by atoms with Crippen LogP contribution in [-0.4, -0.2) is 18.7 Å². The maximum absolute atomic E-state index is 11.3. The van der Waals surface area contributed by atoms with Crippen molar-refractivity contribution in [2.75, 3.05) is 6.61 Å². The fraction of sp³-hybridized carbons (Fsp3) is 0.188. The molecule has 0 spiro atoms. The number of hydrogen-bond acceptors (Lipinski definition) is 3. The van der Waals surface area contributed by atoms with E-state index in [1.165, 1.54) is 0 Å². The minimum Gasteiger partial charge on any atom is -0.479 e. The van der Waals surface area contributed by atoms with Crippen LogP contribution < -0.4 is 4.74 Å². The Morgan fingerprint density at radius 1 is 0.947 bits per heavy atom. The molecule has 0 N–H and O–H groups in total. The molecule has 3 heteroatoms. The van der Waals surface area contributed by atoms with Gasteiger partial charge in [-0.05, 0) is 23.3 Å². The molecule has 1 aliphatic heterocycles. The maximum Gasteiger partial charge on any atom is 0.347 e. The van der Waals surface area contributed by atoms with Gasteiger partial charge in [-0.2, -0.15) is 0 Å². The summed E-state index contributed by atoms with van der Waals surface area (Å²) in [5.74, 6) is 0.427. The number of esters is 1. The molecule has 19 heavy (non-hydrogen) atoms. The van der Waals surface area contributed by atoms with Crippen LogP contribution in [0.2, 0.25) is 0 Å². The molecule has 0 aliphatic carbocycles. The molecule has 2 aromatic rings. The highest BCUT2D eigenvalue weighted by atomic mass is 16.6. The predicted octanol–water partition coefficient (Wildman–Crippen LogP) is 3.05. The molecular formula is C16H14O3. The van der Waals surface area contributed by atoms with E-state index in [2.05, 4.69) is 12.1 Å². The van der Waals surface area contributed by atoms with Crippen LogP contribution in [0.4, 0.5) is 0 Å². The van der Waals surface area contributed by atoms with Crippen LogP contribution >= 0.6 is 0 Å². The van der Waals surface area contributed by atoms with Gasteiger partial charge in [0.05, 0.1) is 6.61 Å². The summed E-state index contributed by atoms with van der Waals surface area (Å²) in [6.45, 7) is 0.450. The zero-order valence-electron chi connectivity index (χ0n) is 10.4. The third-order valence-corrected chi connectivity index (χ3v) is 3.13. The van der Waals surface area contributed by atoms with Gasteiger partial charge in [0.25, 0.3) is 0 Å². The lowest BCUT2D eigenvalue weighted by Gasteiger charge is -2.10. The molecule has 0 unspecified atom stereocenters. The molecule has 1 saturated heterocycles. The van der Waals surface area contributed by atoms with Gasteiger partial charge in [-0.1, -0.05) is 42.5 Å². The number of hydrogen-bond donors (Lipinski definition) is 0. The Balaban J connectivity index is 1.74. The van der Waals surface area contributed by atoms with E-state index in [1.54, 1.807) is 0 Å². The first kappa shape index (κ1) is 11.8. The fourth-order valence-corrected chi connectivity index (χ4v) is 2.11. The Morgan fingerprint density at radius 3 is 2.26 bits per heavy atom. The van der Waals surface area contributed by atoms with E-state index in [0.29, 0.717) is 18.8 Å². The summed E-state index contributed by atoms with van der Waals surface area (Å²) in [6.07, 6.45) is 0.168. The van der Waals surface area contributed by atoms with Crippen molar-refractivity contribution in [1.29, 1.82) is 0 Å². The lowest BCUT2D eigenvalue weighted by Crippen LogP contribution is -2.21. The minimum absolute atomic E-state index is 0.271. The summed E-state index contributed by atoms with van der Waals surface area (Å²) in [5, 5.41) is 0. The average Bonchev–Trinajstić information content (AvgIpc) is 2.86. The molecule has 1 aliphatic rings. The Kier molecular flexibility index (Phi) is 3.19. The van der Waals surface area contributed by atoms with E-state index in [9.17, 15) is 4.79 Å². The van der Waals surface area contributed by atoms with Gasteiger partial charge in [0, 0.05) is 6.42 Å². The number of cyclic esters (lactones) is 1. The van der Waals surface area contributed by atoms with Crippen molar-refractivity contribution in [3.8, 4) is 16.9 Å². The van der Waals surface area contributed by atoms with Crippen LogP contribution in [0.1, 0.15) is 6.42 Å². The quantitative estimate of drug-likeness (QED) is 0.790. The van der Waals surface area contributed by atoms with Crippen LogP contribution in [-0.2, 0) is 9.53 Å². The summed E-state index contributed by atoms with van der Waals surface area (Å²) >= 11 is 0. The standard InChI is InChI=1S/C16H14O3/c17-16-15(10-11-18-16)19-14-8-6-13(7-9-14)12-4-2-1-3-5-12/h1-9,15H,10-11H2/t15-/m1/s1. The van der Waals surface area contributed by atoms with E-state index in [0.717, 1.165) is 11.1 Å². The van der Waals surface area contributed by atoms with Gasteiger partial charge in [-0.25, -0.2) is 4.79 Å². The largest absolute Gasteiger partial charge is 0.479 e. The van der Waals surface area contributed by atoms with E-state index >= 15 is 0 Å². The van der Waals surface area contributed by atoms with E-state index in [1.807, 2.05) is 42.5 Å². The number of carbonyl (C=O) groups excluding carboxylic acids is 1. The van der Waals surface area contributed by atoms with Crippen molar-refractivity contribution in [3.05, 3.63) is 54.6 Å². The lowest BCUT2D eigenvalue weighted by atomic mass is 10.1. The highest BCUT2D eigenvalue weighted by Gasteiger charge is 2.28. The number of carbonyl (C=O) groups is 1. The van der Waals surface area contributed by atoms with E-state index in [-0.39, 0.29) is 5.97 Å². The second-order valence-electron chi connectivity index (χ2n) is 4.45. The predicted molar refractivity (Wildman–Crippen MR) is 71.9 cm³/mol. The van der Waals surface area contributed by atoms with Crippen molar-refractivity contribution < 1.29 is 14.3 Å². The highest BCUT2D eigenvalue weighted by molar-refractivity contribution is 5.76. The number of rotatable bonds is 3. The smallest absolute Gasteiger partial charge is 0.347 e. The molecule has 3 rings (SSSR count). The summed E-state index contributed by atoms with van der Waals surface area (Å²) in [4.78, 5) is 11.3. The van der Waals surface area contributed by atoms with Crippen LogP contribution in [0, 0.1) is 0 Å². The number of ether oxygens (including phenoxy) is 2. The van der Waals surface area contributed by atoms with Crippen molar-refractivity contribution >= 4 is 5.97 Å². The molecule has 2 aromatic carbocycles. The first-order valence-corrected chi connectivity index (χ1v) is 6.32. The molecule has 0 amide bonds. The molecule has 0 radical (unpaired) electrons. The molecule has 0 bridgehead atoms. The van der Waals surface area contributed by atoms with Crippen LogP contribution in [0.3, 0.4) is 0 Å². The fourth-order valence-electron chi connectivity index (χ4n) is 2.11. The second-order valence-corrected chi connectivity index (χ2v) is 4.45. The monoisotopic (exact) mass is 254 g/mol. The van der Waals surface area contributed by atoms with Crippen molar-refractivity contribution in [2.24, 2.45) is 0 Å². The molecule has 96 valence electrons. The van der Waals surface area contributed by atoms with Gasteiger partial charge < -0.3 is 9.47 Å². The van der Waals surface area contributed by atoms with Crippen molar-refractivity contribution in [2.45, 2.75) is 12.5 Å². The zero-order valence-corrected chi connectivity index (χ0v) is 10.4. The SMILES string of the molecule is O=C1OCC[C@H]1Oc1ccc(-c2ccccc2)cc1. The van der Waals surface area contributed by atoms with Gasteiger partial charge in [0.2, 0.25) is 0 Å². The number of benzene rings is 2. The molecule has 1 fully saturated rings. The summed E-state index contributed by atoms with van der Waals surface area (Å²) in [5.41, 5.74) is 2.29. The van der Waals surface area contributed by atoms with Crippen molar-refractivity contribution in [1.82, 2.24) is 0 Å². The molecule has 0 saturated carbocycles. The Morgan fingerprint density at radius 2 is 1.63 bits per heavy atom. The minimum atomic E-state index is -0.456. The van der Waals surface area contributed by atoms with Gasteiger partial charge in [0.1, 0.15) is 5.75 Å². The van der Waals surface area contributed by atoms with Gasteiger partial charge in [-0.3, -0.25) is 0 Å². The first-order valence-electron chi connectivity index (χ1n) is 6.32. The van der Waals surface area contributed by atoms with E-state index in [4.69, 9.17) is 9.47 Å². The molecule has 0 aromatic heterocycles. The summed E-state index contributed by atoms with van der Waals surface area (Å²) < 4.78 is 10.5. The van der Waals surface area contributed by atoms with Gasteiger partial charge in [0.15, 0.2) is 6.10 Å². The van der Waals surface area contributed by atoms with Crippen LogP contribution in [0.15, 0.2) is 54.6 Å². The Hall–Kier alpha value is -2.29. The van der Waals surface area contributed by atoms with Crippen molar-refractivity contribution in [3.63, 3.8) is 0 Å². The van der Waals surface area contributed by atoms with Gasteiger partial charge in [-0.15, -0.1) is 0 Å². The highest BCUT2D eigenvalue weighted by Crippen LogP contribution is 2.23. The van der Waals surface area contributed by atoms with Crippen LogP contribution in [0.5, 0.6) is 5.75 Å². The van der Waals surface area contributed by atoms with Crippen LogP contribution in [0.25, 0.3) is 11.1 Å². The molecule has 1 atom stereocenters. The van der Waals surface area contributed by atoms with Gasteiger partial charge >= 0.3 is 5.97 Å². The third-order valence-electron chi connectivity index (χ3n) is 3.13. The van der Waals surface area contributed by atoms with E-state index < -0.39 is 6.10 Å². The molecule has 1 heterocycles. The third kappa shape index (κ3) is 2.60. The topological polar surface area (TPSA) is 35.5 Å².